The van der Waals surface area contributed by atoms with Crippen molar-refractivity contribution < 1.29 is 8.83 Å². The molecule has 0 N–H and O–H groups in total. The zero-order valence-electron chi connectivity index (χ0n) is 30.1. The van der Waals surface area contributed by atoms with Crippen molar-refractivity contribution in [3.05, 3.63) is 188 Å². The van der Waals surface area contributed by atoms with Crippen molar-refractivity contribution in [2.45, 2.75) is 0 Å². The van der Waals surface area contributed by atoms with Gasteiger partial charge in [0.15, 0.2) is 5.82 Å². The molecule has 0 aliphatic rings. The van der Waals surface area contributed by atoms with Gasteiger partial charge in [-0.15, -0.1) is 0 Å². The molecule has 0 fully saturated rings. The summed E-state index contributed by atoms with van der Waals surface area (Å²) in [7, 11) is 0. The van der Waals surface area contributed by atoms with E-state index in [1.54, 1.807) is 6.20 Å². The Morgan fingerprint density at radius 1 is 0.357 bits per heavy atom. The van der Waals surface area contributed by atoms with Crippen LogP contribution in [0.5, 0.6) is 0 Å². The van der Waals surface area contributed by atoms with Gasteiger partial charge in [0.25, 0.3) is 0 Å². The van der Waals surface area contributed by atoms with Crippen molar-refractivity contribution in [1.29, 1.82) is 0 Å². The minimum Gasteiger partial charge on any atom is -0.455 e. The molecule has 5 nitrogen and oxygen atoms in total. The Balaban J connectivity index is 1.05. The smallest absolute Gasteiger partial charge is 0.161 e. The van der Waals surface area contributed by atoms with Gasteiger partial charge in [-0.05, 0) is 47.0 Å². The van der Waals surface area contributed by atoms with Crippen molar-refractivity contribution in [2.75, 3.05) is 0 Å². The molecule has 0 aliphatic carbocycles. The molecule has 0 radical (unpaired) electrons. The van der Waals surface area contributed by atoms with Crippen LogP contribution in [0.1, 0.15) is 0 Å². The highest BCUT2D eigenvalue weighted by Crippen LogP contribution is 2.45. The lowest BCUT2D eigenvalue weighted by Gasteiger charge is -2.13. The molecule has 0 unspecified atom stereocenters. The molecule has 11 aromatic rings. The fourth-order valence-corrected chi connectivity index (χ4v) is 7.98. The van der Waals surface area contributed by atoms with Crippen LogP contribution in [-0.4, -0.2) is 15.0 Å². The lowest BCUT2D eigenvalue weighted by atomic mass is 9.93. The number of nitrogens with zero attached hydrogens (tertiary/aromatic N) is 3. The van der Waals surface area contributed by atoms with Crippen LogP contribution in [0.25, 0.3) is 111 Å². The van der Waals surface area contributed by atoms with E-state index in [9.17, 15) is 0 Å². The minimum absolute atomic E-state index is 0.656. The maximum Gasteiger partial charge on any atom is 0.161 e. The number of furan rings is 2. The van der Waals surface area contributed by atoms with Crippen LogP contribution in [0, 0.1) is 0 Å². The first-order chi connectivity index (χ1) is 27.8. The summed E-state index contributed by atoms with van der Waals surface area (Å²) in [4.78, 5) is 14.7. The van der Waals surface area contributed by atoms with Crippen LogP contribution in [-0.2, 0) is 0 Å². The molecule has 7 aromatic carbocycles. The van der Waals surface area contributed by atoms with Gasteiger partial charge in [0, 0.05) is 67.3 Å². The van der Waals surface area contributed by atoms with E-state index in [4.69, 9.17) is 18.8 Å². The van der Waals surface area contributed by atoms with Gasteiger partial charge < -0.3 is 8.83 Å². The van der Waals surface area contributed by atoms with E-state index in [1.165, 1.54) is 0 Å². The SMILES string of the molecule is c1ccc(-c2cc(-c3ccc(-c4ccc(-c5cccc6c5oc5ccccc56)c5c4oc4ccccc45)cc3)nc(-c3ccccc3-c3cccnc3)n2)cc1. The Morgan fingerprint density at radius 3 is 1.73 bits per heavy atom. The van der Waals surface area contributed by atoms with E-state index in [-0.39, 0.29) is 0 Å². The molecule has 5 heteroatoms. The molecule has 0 saturated carbocycles. The van der Waals surface area contributed by atoms with Crippen molar-refractivity contribution in [3.8, 4) is 67.3 Å². The first-order valence-corrected chi connectivity index (χ1v) is 18.7. The van der Waals surface area contributed by atoms with Gasteiger partial charge in [-0.1, -0.05) is 146 Å². The normalized spacial score (nSPS) is 11.6. The molecule has 4 aromatic heterocycles. The second-order valence-corrected chi connectivity index (χ2v) is 13.9. The third kappa shape index (κ3) is 5.29. The standard InChI is InChI=1S/C51H31N3O2/c1-2-12-33(13-3-1)44-30-45(54-51(53-44)42-17-5-4-15-36(42)35-14-11-29-52-31-35)34-25-23-32(24-26-34)37-27-28-39(48-43-18-7-9-22-47(43)56-50(37)48)41-20-10-19-40-38-16-6-8-21-46(38)55-49(40)41/h1-31H. The monoisotopic (exact) mass is 717 g/mol. The highest BCUT2D eigenvalue weighted by molar-refractivity contribution is 6.19. The number of hydrogen-bond donors (Lipinski definition) is 0. The summed E-state index contributed by atoms with van der Waals surface area (Å²) in [6, 6.07) is 60.5. The lowest BCUT2D eigenvalue weighted by molar-refractivity contribution is 0.669. The Morgan fingerprint density at radius 2 is 0.946 bits per heavy atom. The summed E-state index contributed by atoms with van der Waals surface area (Å²) < 4.78 is 13.2. The Bertz CT molecular complexity index is 3240. The number of benzene rings is 7. The van der Waals surface area contributed by atoms with E-state index in [1.807, 2.05) is 66.9 Å². The zero-order valence-corrected chi connectivity index (χ0v) is 30.1. The number of rotatable bonds is 6. The average Bonchev–Trinajstić information content (AvgIpc) is 3.86. The van der Waals surface area contributed by atoms with Crippen molar-refractivity contribution in [2.24, 2.45) is 0 Å². The van der Waals surface area contributed by atoms with E-state index in [0.29, 0.717) is 5.82 Å². The van der Waals surface area contributed by atoms with E-state index in [0.717, 1.165) is 105 Å². The Labute approximate surface area is 322 Å². The summed E-state index contributed by atoms with van der Waals surface area (Å²) in [5.74, 6) is 0.656. The number of pyridine rings is 1. The summed E-state index contributed by atoms with van der Waals surface area (Å²) in [5, 5.41) is 4.34. The molecule has 0 bridgehead atoms. The van der Waals surface area contributed by atoms with Gasteiger partial charge in [0.2, 0.25) is 0 Å². The highest BCUT2D eigenvalue weighted by Gasteiger charge is 2.21. The van der Waals surface area contributed by atoms with E-state index >= 15 is 0 Å². The molecule has 0 atom stereocenters. The molecular formula is C51H31N3O2. The predicted octanol–water partition coefficient (Wildman–Crippen LogP) is 13.7. The maximum atomic E-state index is 6.71. The first kappa shape index (κ1) is 31.9. The van der Waals surface area contributed by atoms with Gasteiger partial charge in [0.1, 0.15) is 22.3 Å². The molecule has 0 amide bonds. The van der Waals surface area contributed by atoms with Gasteiger partial charge in [-0.25, -0.2) is 9.97 Å². The molecular weight excluding hydrogens is 687 g/mol. The molecule has 0 saturated heterocycles. The minimum atomic E-state index is 0.656. The number of fused-ring (bicyclic) bond motifs is 6. The summed E-state index contributed by atoms with van der Waals surface area (Å²) in [5.41, 5.74) is 14.3. The van der Waals surface area contributed by atoms with Gasteiger partial charge in [-0.3, -0.25) is 4.98 Å². The Hall–Kier alpha value is -7.63. The van der Waals surface area contributed by atoms with Crippen LogP contribution in [0.2, 0.25) is 0 Å². The second-order valence-electron chi connectivity index (χ2n) is 13.9. The quantitative estimate of drug-likeness (QED) is 0.171. The summed E-state index contributed by atoms with van der Waals surface area (Å²) in [6.45, 7) is 0. The van der Waals surface area contributed by atoms with Crippen molar-refractivity contribution >= 4 is 43.9 Å². The summed E-state index contributed by atoms with van der Waals surface area (Å²) >= 11 is 0. The molecule has 4 heterocycles. The Kier molecular flexibility index (Phi) is 7.42. The second kappa shape index (κ2) is 13.0. The van der Waals surface area contributed by atoms with E-state index in [2.05, 4.69) is 120 Å². The number of hydrogen-bond acceptors (Lipinski definition) is 5. The fraction of sp³-hybridized carbons (Fsp3) is 0. The molecule has 11 rings (SSSR count). The predicted molar refractivity (Wildman–Crippen MR) is 227 cm³/mol. The van der Waals surface area contributed by atoms with Gasteiger partial charge in [0.05, 0.1) is 11.4 Å². The first-order valence-electron chi connectivity index (χ1n) is 18.7. The molecule has 0 spiro atoms. The fourth-order valence-electron chi connectivity index (χ4n) is 7.98. The number of para-hydroxylation sites is 3. The molecule has 0 aliphatic heterocycles. The van der Waals surface area contributed by atoms with Crippen LogP contribution in [0.15, 0.2) is 197 Å². The van der Waals surface area contributed by atoms with Crippen LogP contribution in [0.4, 0.5) is 0 Å². The van der Waals surface area contributed by atoms with Crippen LogP contribution < -0.4 is 0 Å². The van der Waals surface area contributed by atoms with Crippen LogP contribution in [0.3, 0.4) is 0 Å². The third-order valence-electron chi connectivity index (χ3n) is 10.6. The molecule has 262 valence electrons. The third-order valence-corrected chi connectivity index (χ3v) is 10.6. The zero-order chi connectivity index (χ0) is 37.0. The van der Waals surface area contributed by atoms with Gasteiger partial charge >= 0.3 is 0 Å². The topological polar surface area (TPSA) is 65.0 Å². The van der Waals surface area contributed by atoms with Crippen molar-refractivity contribution in [1.82, 2.24) is 15.0 Å². The van der Waals surface area contributed by atoms with Crippen molar-refractivity contribution in [3.63, 3.8) is 0 Å². The van der Waals surface area contributed by atoms with Crippen LogP contribution >= 0.6 is 0 Å². The van der Waals surface area contributed by atoms with Gasteiger partial charge in [-0.2, -0.15) is 0 Å². The number of aromatic nitrogens is 3. The van der Waals surface area contributed by atoms with E-state index < -0.39 is 0 Å². The summed E-state index contributed by atoms with van der Waals surface area (Å²) in [6.07, 6.45) is 3.67. The highest BCUT2D eigenvalue weighted by atomic mass is 16.3. The largest absolute Gasteiger partial charge is 0.455 e. The lowest BCUT2D eigenvalue weighted by Crippen LogP contribution is -1.97. The average molecular weight is 718 g/mol. The molecule has 56 heavy (non-hydrogen) atoms. The maximum absolute atomic E-state index is 6.71.